The van der Waals surface area contributed by atoms with Gasteiger partial charge in [0.25, 0.3) is 0 Å². The van der Waals surface area contributed by atoms with Crippen LogP contribution in [0.3, 0.4) is 0 Å². The number of ketones is 1. The molecule has 0 amide bonds. The highest BCUT2D eigenvalue weighted by molar-refractivity contribution is 6.01. The molecular weight excluding hydrogens is 280 g/mol. The fraction of sp³-hybridized carbons (Fsp3) is 0.556. The van der Waals surface area contributed by atoms with Gasteiger partial charge >= 0.3 is 0 Å². The van der Waals surface area contributed by atoms with Gasteiger partial charge in [-0.15, -0.1) is 0 Å². The summed E-state index contributed by atoms with van der Waals surface area (Å²) in [4.78, 5) is 24.3. The first-order valence-corrected chi connectivity index (χ1v) is 7.59. The highest BCUT2D eigenvalue weighted by atomic mass is 16.5. The number of methoxy groups -OCH3 is 1. The summed E-state index contributed by atoms with van der Waals surface area (Å²) in [6.45, 7) is 7.67. The first-order valence-electron chi connectivity index (χ1n) is 7.59. The Labute approximate surface area is 131 Å². The van der Waals surface area contributed by atoms with Crippen molar-refractivity contribution in [1.29, 1.82) is 0 Å². The molecule has 0 heterocycles. The van der Waals surface area contributed by atoms with Crippen molar-refractivity contribution in [3.8, 4) is 5.75 Å². The average molecular weight is 303 g/mol. The maximum atomic E-state index is 13.0. The van der Waals surface area contributed by atoms with Crippen LogP contribution in [0.2, 0.25) is 0 Å². The Bertz CT molecular complexity index is 603. The Morgan fingerprint density at radius 2 is 1.95 bits per heavy atom. The number of carboxylic acid groups (broad SMARTS) is 1. The van der Waals surface area contributed by atoms with Crippen LogP contribution in [0.25, 0.3) is 0 Å². The maximum absolute atomic E-state index is 13.0. The van der Waals surface area contributed by atoms with Gasteiger partial charge in [-0.05, 0) is 36.8 Å². The minimum atomic E-state index is -1.07. The van der Waals surface area contributed by atoms with Crippen molar-refractivity contribution in [2.75, 3.05) is 7.11 Å². The van der Waals surface area contributed by atoms with Gasteiger partial charge in [0.15, 0.2) is 5.78 Å². The molecule has 0 saturated heterocycles. The predicted molar refractivity (Wildman–Crippen MR) is 81.6 cm³/mol. The summed E-state index contributed by atoms with van der Waals surface area (Å²) in [5, 5.41) is 11.4. The third-order valence-electron chi connectivity index (χ3n) is 5.41. The Hall–Kier alpha value is -1.84. The van der Waals surface area contributed by atoms with E-state index in [1.165, 1.54) is 7.11 Å². The zero-order valence-electron chi connectivity index (χ0n) is 13.8. The molecule has 120 valence electrons. The number of aliphatic carboxylic acids is 1. The van der Waals surface area contributed by atoms with Crippen molar-refractivity contribution < 1.29 is 19.4 Å². The number of carbonyl (C=O) groups is 2. The summed E-state index contributed by atoms with van der Waals surface area (Å²) >= 11 is 0. The molecule has 0 N–H and O–H groups in total. The molecule has 0 aliphatic heterocycles. The Morgan fingerprint density at radius 3 is 2.45 bits per heavy atom. The van der Waals surface area contributed by atoms with E-state index in [1.54, 1.807) is 6.07 Å². The topological polar surface area (TPSA) is 66.4 Å². The highest BCUT2D eigenvalue weighted by Crippen LogP contribution is 2.51. The first-order chi connectivity index (χ1) is 10.2. The molecule has 3 atom stereocenters. The summed E-state index contributed by atoms with van der Waals surface area (Å²) in [7, 11) is 1.54. The summed E-state index contributed by atoms with van der Waals surface area (Å²) in [5.41, 5.74) is 1.05. The number of ether oxygens (including phenoxy) is 1. The fourth-order valence-electron chi connectivity index (χ4n) is 3.55. The number of benzene rings is 1. The van der Waals surface area contributed by atoms with Gasteiger partial charge < -0.3 is 14.6 Å². The van der Waals surface area contributed by atoms with E-state index in [1.807, 2.05) is 39.8 Å². The predicted octanol–water partition coefficient (Wildman–Crippen LogP) is 2.23. The molecule has 1 saturated carbocycles. The Kier molecular flexibility index (Phi) is 4.32. The van der Waals surface area contributed by atoms with E-state index in [0.29, 0.717) is 17.7 Å². The van der Waals surface area contributed by atoms with Crippen molar-refractivity contribution in [2.45, 2.75) is 34.1 Å². The molecule has 1 aromatic carbocycles. The van der Waals surface area contributed by atoms with E-state index >= 15 is 0 Å². The van der Waals surface area contributed by atoms with Gasteiger partial charge in [-0.2, -0.15) is 0 Å². The van der Waals surface area contributed by atoms with Crippen molar-refractivity contribution in [3.63, 3.8) is 0 Å². The number of carboxylic acids is 1. The van der Waals surface area contributed by atoms with E-state index in [0.717, 1.165) is 5.56 Å². The zero-order chi connectivity index (χ0) is 16.7. The lowest BCUT2D eigenvalue weighted by atomic mass is 9.74. The van der Waals surface area contributed by atoms with E-state index < -0.39 is 17.3 Å². The molecule has 0 aromatic heterocycles. The molecule has 1 aliphatic rings. The summed E-state index contributed by atoms with van der Waals surface area (Å²) in [6.07, 6.45) is 0.326. The van der Waals surface area contributed by atoms with Crippen molar-refractivity contribution >= 4 is 11.8 Å². The highest BCUT2D eigenvalue weighted by Gasteiger charge is 2.50. The minimum absolute atomic E-state index is 0.0341. The zero-order valence-corrected chi connectivity index (χ0v) is 13.8. The number of rotatable bonds is 4. The van der Waals surface area contributed by atoms with Crippen LogP contribution in [0.5, 0.6) is 5.75 Å². The first kappa shape index (κ1) is 16.5. The molecule has 2 rings (SSSR count). The third kappa shape index (κ3) is 2.62. The summed E-state index contributed by atoms with van der Waals surface area (Å²) in [5.74, 6) is -1.53. The molecule has 0 unspecified atom stereocenters. The molecule has 1 aromatic rings. The van der Waals surface area contributed by atoms with Crippen molar-refractivity contribution in [1.82, 2.24) is 0 Å². The van der Waals surface area contributed by atoms with Gasteiger partial charge in [0.2, 0.25) is 0 Å². The largest absolute Gasteiger partial charge is 0.550 e. The monoisotopic (exact) mass is 303 g/mol. The van der Waals surface area contributed by atoms with E-state index in [4.69, 9.17) is 4.74 Å². The summed E-state index contributed by atoms with van der Waals surface area (Å²) in [6, 6.07) is 5.48. The molecule has 4 nitrogen and oxygen atoms in total. The lowest BCUT2D eigenvalue weighted by molar-refractivity contribution is -0.314. The third-order valence-corrected chi connectivity index (χ3v) is 5.41. The average Bonchev–Trinajstić information content (AvgIpc) is 2.69. The van der Waals surface area contributed by atoms with Gasteiger partial charge in [-0.1, -0.05) is 32.4 Å². The fourth-order valence-corrected chi connectivity index (χ4v) is 3.55. The molecular formula is C18H23O4-. The minimum Gasteiger partial charge on any atom is -0.550 e. The second kappa shape index (κ2) is 5.75. The molecule has 0 radical (unpaired) electrons. The van der Waals surface area contributed by atoms with Gasteiger partial charge in [0.05, 0.1) is 12.7 Å². The number of Topliss-reactive ketones (excluding diaryl/α,β-unsaturated/α-hetero) is 1. The van der Waals surface area contributed by atoms with Crippen LogP contribution >= 0.6 is 0 Å². The molecule has 22 heavy (non-hydrogen) atoms. The van der Waals surface area contributed by atoms with E-state index in [-0.39, 0.29) is 17.6 Å². The van der Waals surface area contributed by atoms with Crippen molar-refractivity contribution in [2.24, 2.45) is 23.2 Å². The number of carbonyl (C=O) groups excluding carboxylic acids is 2. The number of hydrogen-bond acceptors (Lipinski definition) is 4. The van der Waals surface area contributed by atoms with Crippen LogP contribution in [-0.2, 0) is 4.79 Å². The molecule has 0 spiro atoms. The molecule has 1 fully saturated rings. The molecule has 0 bridgehead atoms. The van der Waals surface area contributed by atoms with Crippen LogP contribution in [0.4, 0.5) is 0 Å². The summed E-state index contributed by atoms with van der Waals surface area (Å²) < 4.78 is 5.29. The van der Waals surface area contributed by atoms with Gasteiger partial charge in [0, 0.05) is 17.8 Å². The molecule has 1 aliphatic carbocycles. The number of aryl methyl sites for hydroxylation is 1. The second-order valence-corrected chi connectivity index (χ2v) is 6.89. The van der Waals surface area contributed by atoms with Gasteiger partial charge in [-0.25, -0.2) is 0 Å². The van der Waals surface area contributed by atoms with E-state index in [9.17, 15) is 14.7 Å². The SMILES string of the molecule is COc1ccc(C)cc1C(=O)[C@H]1C[C@@H](C(=O)[O-])C(C)(C)[C@@H]1C. The smallest absolute Gasteiger partial charge is 0.169 e. The maximum Gasteiger partial charge on any atom is 0.169 e. The van der Waals surface area contributed by atoms with Crippen molar-refractivity contribution in [3.05, 3.63) is 29.3 Å². The normalized spacial score (nSPS) is 26.7. The van der Waals surface area contributed by atoms with Crippen LogP contribution in [-0.4, -0.2) is 18.9 Å². The lowest BCUT2D eigenvalue weighted by Crippen LogP contribution is -2.38. The Morgan fingerprint density at radius 1 is 1.32 bits per heavy atom. The van der Waals surface area contributed by atoms with Gasteiger partial charge in [0.1, 0.15) is 5.75 Å². The standard InChI is InChI=1S/C18H24O4/c1-10-6-7-15(22-5)13(8-10)16(19)12-9-14(17(20)21)18(3,4)11(12)2/h6-8,11-12,14H,9H2,1-5H3,(H,20,21)/p-1/t11-,12+,14+/m1/s1. The Balaban J connectivity index is 2.39. The van der Waals surface area contributed by atoms with Gasteiger partial charge in [-0.3, -0.25) is 4.79 Å². The van der Waals surface area contributed by atoms with E-state index in [2.05, 4.69) is 0 Å². The van der Waals surface area contributed by atoms with Crippen LogP contribution in [0.15, 0.2) is 18.2 Å². The number of hydrogen-bond donors (Lipinski definition) is 0. The van der Waals surface area contributed by atoms with Crippen LogP contribution in [0.1, 0.15) is 43.1 Å². The quantitative estimate of drug-likeness (QED) is 0.800. The van der Waals surface area contributed by atoms with Crippen LogP contribution in [0, 0.1) is 30.1 Å². The van der Waals surface area contributed by atoms with Crippen LogP contribution < -0.4 is 9.84 Å². The molecule has 4 heteroatoms. The second-order valence-electron chi connectivity index (χ2n) is 6.89. The lowest BCUT2D eigenvalue weighted by Gasteiger charge is -2.32.